The summed E-state index contributed by atoms with van der Waals surface area (Å²) in [5, 5.41) is 0. The lowest BCUT2D eigenvalue weighted by atomic mass is 9.76. The van der Waals surface area contributed by atoms with Crippen LogP contribution in [-0.2, 0) is 0 Å². The van der Waals surface area contributed by atoms with Gasteiger partial charge in [0.2, 0.25) is 0 Å². The Labute approximate surface area is 151 Å². The maximum absolute atomic E-state index is 6.11. The third-order valence-corrected chi connectivity index (χ3v) is 7.06. The minimum absolute atomic E-state index is 0.636. The first-order valence-electron chi connectivity index (χ1n) is 8.80. The number of hydrogen-bond donors (Lipinski definition) is 1. The molecule has 1 rings (SSSR count). The molecule has 2 N–H and O–H groups in total. The van der Waals surface area contributed by atoms with Crippen LogP contribution in [0.15, 0.2) is 32.6 Å². The zero-order valence-electron chi connectivity index (χ0n) is 15.1. The van der Waals surface area contributed by atoms with Crippen molar-refractivity contribution >= 4 is 22.6 Å². The molecular formula is C20H34IN. The van der Waals surface area contributed by atoms with E-state index in [1.54, 1.807) is 0 Å². The zero-order chi connectivity index (χ0) is 16.9. The summed E-state index contributed by atoms with van der Waals surface area (Å²) in [6.07, 6.45) is 7.78. The molecule has 1 saturated carbocycles. The second-order valence-corrected chi connectivity index (χ2v) is 8.37. The molecule has 22 heavy (non-hydrogen) atoms. The fourth-order valence-electron chi connectivity index (χ4n) is 3.79. The minimum atomic E-state index is 0.636. The predicted molar refractivity (Wildman–Crippen MR) is 108 cm³/mol. The molecule has 0 radical (unpaired) electrons. The van der Waals surface area contributed by atoms with Crippen LogP contribution < -0.4 is 5.73 Å². The van der Waals surface area contributed by atoms with Crippen LogP contribution in [0.2, 0.25) is 0 Å². The first kappa shape index (κ1) is 19.8. The summed E-state index contributed by atoms with van der Waals surface area (Å²) in [6, 6.07) is 0. The van der Waals surface area contributed by atoms with Crippen LogP contribution in [0.25, 0.3) is 0 Å². The minimum Gasteiger partial charge on any atom is -0.399 e. The molecule has 1 fully saturated rings. The van der Waals surface area contributed by atoms with Crippen LogP contribution in [0.3, 0.4) is 0 Å². The lowest BCUT2D eigenvalue weighted by Crippen LogP contribution is -2.20. The van der Waals surface area contributed by atoms with Gasteiger partial charge in [-0.25, -0.2) is 0 Å². The average Bonchev–Trinajstić information content (AvgIpc) is 2.46. The van der Waals surface area contributed by atoms with Gasteiger partial charge < -0.3 is 5.73 Å². The molecule has 0 unspecified atom stereocenters. The van der Waals surface area contributed by atoms with Crippen molar-refractivity contribution < 1.29 is 0 Å². The molecule has 0 amide bonds. The van der Waals surface area contributed by atoms with E-state index in [2.05, 4.69) is 63.8 Å². The lowest BCUT2D eigenvalue weighted by molar-refractivity contribution is 0.248. The van der Waals surface area contributed by atoms with Crippen molar-refractivity contribution in [1.29, 1.82) is 0 Å². The van der Waals surface area contributed by atoms with E-state index in [0.29, 0.717) is 5.92 Å². The molecule has 0 aromatic heterocycles. The quantitative estimate of drug-likeness (QED) is 0.377. The standard InChI is InChI=1S/C20H34IN/c1-7-8-14(3)19(17(6)22)16(5)20(21)15(4)18-11-9-13(2)10-12-18/h13,15,18H,6-12,22H2,1-5H3/b19-14-,20-16-/t13?,15-,18?/m1/s1. The van der Waals surface area contributed by atoms with Gasteiger partial charge in [-0.1, -0.05) is 52.2 Å². The van der Waals surface area contributed by atoms with Gasteiger partial charge in [0.25, 0.3) is 0 Å². The van der Waals surface area contributed by atoms with Gasteiger partial charge in [-0.3, -0.25) is 0 Å². The van der Waals surface area contributed by atoms with Crippen molar-refractivity contribution in [3.05, 3.63) is 32.6 Å². The van der Waals surface area contributed by atoms with E-state index >= 15 is 0 Å². The van der Waals surface area contributed by atoms with Gasteiger partial charge in [0.05, 0.1) is 0 Å². The molecule has 0 bridgehead atoms. The number of nitrogens with two attached hydrogens (primary N) is 1. The molecule has 2 heteroatoms. The summed E-state index contributed by atoms with van der Waals surface area (Å²) >= 11 is 2.56. The molecule has 0 heterocycles. The van der Waals surface area contributed by atoms with Crippen molar-refractivity contribution in [2.45, 2.75) is 73.1 Å². The lowest BCUT2D eigenvalue weighted by Gasteiger charge is -2.32. The monoisotopic (exact) mass is 415 g/mol. The van der Waals surface area contributed by atoms with E-state index in [4.69, 9.17) is 5.73 Å². The number of hydrogen-bond acceptors (Lipinski definition) is 1. The molecule has 0 saturated heterocycles. The van der Waals surface area contributed by atoms with Gasteiger partial charge in [0.1, 0.15) is 0 Å². The summed E-state index contributed by atoms with van der Waals surface area (Å²) in [5.41, 5.74) is 10.8. The topological polar surface area (TPSA) is 26.0 Å². The largest absolute Gasteiger partial charge is 0.399 e. The smallest absolute Gasteiger partial charge is 0.0316 e. The summed E-state index contributed by atoms with van der Waals surface area (Å²) in [4.78, 5) is 0. The van der Waals surface area contributed by atoms with Crippen LogP contribution in [0.1, 0.15) is 73.1 Å². The van der Waals surface area contributed by atoms with Crippen LogP contribution in [0, 0.1) is 17.8 Å². The highest BCUT2D eigenvalue weighted by molar-refractivity contribution is 14.1. The van der Waals surface area contributed by atoms with Crippen LogP contribution >= 0.6 is 22.6 Å². The van der Waals surface area contributed by atoms with Gasteiger partial charge in [-0.05, 0) is 88.2 Å². The zero-order valence-corrected chi connectivity index (χ0v) is 17.3. The van der Waals surface area contributed by atoms with Crippen LogP contribution in [-0.4, -0.2) is 0 Å². The van der Waals surface area contributed by atoms with Gasteiger partial charge in [0, 0.05) is 5.70 Å². The number of rotatable bonds is 6. The van der Waals surface area contributed by atoms with E-state index in [9.17, 15) is 0 Å². The molecule has 1 aliphatic carbocycles. The van der Waals surface area contributed by atoms with Crippen molar-refractivity contribution in [2.75, 3.05) is 0 Å². The summed E-state index contributed by atoms with van der Waals surface area (Å²) in [7, 11) is 0. The highest BCUT2D eigenvalue weighted by atomic mass is 127. The molecule has 1 atom stereocenters. The van der Waals surface area contributed by atoms with Crippen molar-refractivity contribution in [3.63, 3.8) is 0 Å². The molecule has 0 aromatic rings. The fraction of sp³-hybridized carbons (Fsp3) is 0.700. The van der Waals surface area contributed by atoms with E-state index in [0.717, 1.165) is 30.4 Å². The Morgan fingerprint density at radius 1 is 1.23 bits per heavy atom. The SMILES string of the molecule is C=C(N)C(=C(/C)CCC)/C(C)=C(\I)[C@H](C)C1CCC(C)CC1. The van der Waals surface area contributed by atoms with Gasteiger partial charge in [-0.15, -0.1) is 0 Å². The predicted octanol–water partition coefficient (Wildman–Crippen LogP) is 6.75. The second kappa shape index (κ2) is 9.14. The Bertz CT molecular complexity index is 450. The third kappa shape index (κ3) is 5.14. The molecular weight excluding hydrogens is 381 g/mol. The summed E-state index contributed by atoms with van der Waals surface area (Å²) < 4.78 is 1.48. The molecule has 0 aliphatic heterocycles. The van der Waals surface area contributed by atoms with Crippen molar-refractivity contribution in [1.82, 2.24) is 0 Å². The third-order valence-electron chi connectivity index (χ3n) is 5.27. The molecule has 0 aromatic carbocycles. The Morgan fingerprint density at radius 2 is 1.77 bits per heavy atom. The summed E-state index contributed by atoms with van der Waals surface area (Å²) in [6.45, 7) is 15.5. The van der Waals surface area contributed by atoms with Gasteiger partial charge >= 0.3 is 0 Å². The Morgan fingerprint density at radius 3 is 2.23 bits per heavy atom. The maximum Gasteiger partial charge on any atom is 0.0316 e. The average molecular weight is 415 g/mol. The summed E-state index contributed by atoms with van der Waals surface area (Å²) in [5.74, 6) is 2.38. The maximum atomic E-state index is 6.11. The Kier molecular flexibility index (Phi) is 8.23. The highest BCUT2D eigenvalue weighted by Gasteiger charge is 2.26. The van der Waals surface area contributed by atoms with E-state index in [1.165, 1.54) is 46.0 Å². The second-order valence-electron chi connectivity index (χ2n) is 7.21. The number of allylic oxidation sites excluding steroid dienone is 3. The molecule has 0 spiro atoms. The van der Waals surface area contributed by atoms with Gasteiger partial charge in [-0.2, -0.15) is 0 Å². The van der Waals surface area contributed by atoms with Crippen LogP contribution in [0.5, 0.6) is 0 Å². The Hall–Kier alpha value is -0.250. The molecule has 1 nitrogen and oxygen atoms in total. The first-order chi connectivity index (χ1) is 10.3. The van der Waals surface area contributed by atoms with E-state index in [1.807, 2.05) is 0 Å². The normalized spacial score (nSPS) is 26.1. The fourth-order valence-corrected chi connectivity index (χ4v) is 4.57. The van der Waals surface area contributed by atoms with Crippen LogP contribution in [0.4, 0.5) is 0 Å². The van der Waals surface area contributed by atoms with Gasteiger partial charge in [0.15, 0.2) is 0 Å². The number of halogens is 1. The first-order valence-corrected chi connectivity index (χ1v) is 9.88. The highest BCUT2D eigenvalue weighted by Crippen LogP contribution is 2.40. The van der Waals surface area contributed by atoms with Crippen molar-refractivity contribution in [2.24, 2.45) is 23.5 Å². The van der Waals surface area contributed by atoms with Crippen molar-refractivity contribution in [3.8, 4) is 0 Å². The molecule has 126 valence electrons. The molecule has 1 aliphatic rings. The van der Waals surface area contributed by atoms with E-state index in [-0.39, 0.29) is 0 Å². The Balaban J connectivity index is 3.02. The van der Waals surface area contributed by atoms with E-state index < -0.39 is 0 Å².